The molecule has 9 heteroatoms. The number of amides is 1. The number of imidazole rings is 2. The summed E-state index contributed by atoms with van der Waals surface area (Å²) in [7, 11) is 0. The van der Waals surface area contributed by atoms with E-state index in [2.05, 4.69) is 4.98 Å². The number of halogens is 3. The van der Waals surface area contributed by atoms with Crippen LogP contribution in [0.25, 0.3) is 39.3 Å². The van der Waals surface area contributed by atoms with E-state index in [1.807, 2.05) is 68.7 Å². The molecule has 1 atom stereocenters. The van der Waals surface area contributed by atoms with Crippen molar-refractivity contribution in [1.82, 2.24) is 23.8 Å². The van der Waals surface area contributed by atoms with Crippen molar-refractivity contribution in [2.45, 2.75) is 32.0 Å². The van der Waals surface area contributed by atoms with Crippen LogP contribution in [0.1, 0.15) is 24.8 Å². The van der Waals surface area contributed by atoms with Crippen molar-refractivity contribution in [1.29, 1.82) is 0 Å². The molecule has 2 fully saturated rings. The summed E-state index contributed by atoms with van der Waals surface area (Å²) in [5, 5.41) is 0. The molecule has 0 unspecified atom stereocenters. The van der Waals surface area contributed by atoms with Gasteiger partial charge in [0.2, 0.25) is 5.91 Å². The maximum atomic E-state index is 13.5. The second kappa shape index (κ2) is 8.97. The number of likely N-dealkylation sites (tertiary alicyclic amines) is 1. The largest absolute Gasteiger partial charge is 0.416 e. The standard InChI is InChI=1S/C30H26F3N5O/c31-30(32,33)23-10-11-25-24(15-23)35-28(38(25)18-19-12-14-36(17-19)29(39)22-8-9-22)21-6-4-20(5-7-21)26-16-34-27-3-1-2-13-37(26)27/h1-7,10-11,13,15-16,19,22H,8-9,12,14,17-18H2/t19-/m0/s1. The number of hydrogen-bond donors (Lipinski definition) is 0. The summed E-state index contributed by atoms with van der Waals surface area (Å²) in [6.45, 7) is 1.98. The number of fused-ring (bicyclic) bond motifs is 2. The molecule has 0 bridgehead atoms. The minimum Gasteiger partial charge on any atom is -0.342 e. The minimum atomic E-state index is -4.44. The van der Waals surface area contributed by atoms with Crippen LogP contribution in [0, 0.1) is 11.8 Å². The average molecular weight is 530 g/mol. The number of nitrogens with zero attached hydrogens (tertiary/aromatic N) is 5. The van der Waals surface area contributed by atoms with E-state index in [9.17, 15) is 18.0 Å². The monoisotopic (exact) mass is 529 g/mol. The third-order valence-electron chi connectivity index (χ3n) is 7.90. The Morgan fingerprint density at radius 3 is 2.54 bits per heavy atom. The lowest BCUT2D eigenvalue weighted by atomic mass is 10.1. The van der Waals surface area contributed by atoms with E-state index in [4.69, 9.17) is 4.98 Å². The fourth-order valence-corrected chi connectivity index (χ4v) is 5.68. The Bertz CT molecular complexity index is 1700. The molecule has 7 rings (SSSR count). The maximum absolute atomic E-state index is 13.5. The molecule has 6 nitrogen and oxygen atoms in total. The Kier molecular flexibility index (Phi) is 5.50. The average Bonchev–Trinajstić information content (AvgIpc) is 3.37. The molecule has 198 valence electrons. The van der Waals surface area contributed by atoms with Gasteiger partial charge in [-0.3, -0.25) is 9.20 Å². The zero-order chi connectivity index (χ0) is 26.7. The van der Waals surface area contributed by atoms with E-state index in [1.54, 1.807) is 0 Å². The molecular formula is C30H26F3N5O. The molecule has 0 radical (unpaired) electrons. The molecule has 3 aromatic heterocycles. The van der Waals surface area contributed by atoms with E-state index < -0.39 is 11.7 Å². The van der Waals surface area contributed by atoms with E-state index in [1.165, 1.54) is 6.07 Å². The maximum Gasteiger partial charge on any atom is 0.416 e. The van der Waals surface area contributed by atoms with Crippen molar-refractivity contribution < 1.29 is 18.0 Å². The molecular weight excluding hydrogens is 503 g/mol. The first-order valence-corrected chi connectivity index (χ1v) is 13.2. The van der Waals surface area contributed by atoms with Crippen molar-refractivity contribution in [3.63, 3.8) is 0 Å². The van der Waals surface area contributed by atoms with Gasteiger partial charge in [0.15, 0.2) is 0 Å². The minimum absolute atomic E-state index is 0.181. The van der Waals surface area contributed by atoms with Gasteiger partial charge in [0.1, 0.15) is 11.5 Å². The zero-order valence-electron chi connectivity index (χ0n) is 21.1. The van der Waals surface area contributed by atoms with Crippen molar-refractivity contribution in [2.75, 3.05) is 13.1 Å². The number of hydrogen-bond acceptors (Lipinski definition) is 3. The smallest absolute Gasteiger partial charge is 0.342 e. The summed E-state index contributed by atoms with van der Waals surface area (Å²) < 4.78 is 44.5. The highest BCUT2D eigenvalue weighted by molar-refractivity contribution is 5.82. The van der Waals surface area contributed by atoms with Crippen LogP contribution in [0.2, 0.25) is 0 Å². The second-order valence-corrected chi connectivity index (χ2v) is 10.6. The van der Waals surface area contributed by atoms with Gasteiger partial charge in [-0.25, -0.2) is 9.97 Å². The molecule has 1 saturated heterocycles. The molecule has 5 aromatic rings. The Morgan fingerprint density at radius 2 is 1.77 bits per heavy atom. The lowest BCUT2D eigenvalue weighted by Crippen LogP contribution is -2.30. The summed E-state index contributed by atoms with van der Waals surface area (Å²) in [4.78, 5) is 23.7. The van der Waals surface area contributed by atoms with Crippen molar-refractivity contribution >= 4 is 22.6 Å². The summed E-state index contributed by atoms with van der Waals surface area (Å²) in [5.41, 5.74) is 3.86. The molecule has 1 saturated carbocycles. The van der Waals surface area contributed by atoms with Crippen LogP contribution in [0.15, 0.2) is 73.1 Å². The SMILES string of the molecule is O=C(C1CC1)N1CC[C@H](Cn2c(-c3ccc(-c4cnc5ccccn45)cc3)nc3cc(C(F)(F)F)ccc32)C1. The van der Waals surface area contributed by atoms with Crippen molar-refractivity contribution in [2.24, 2.45) is 11.8 Å². The molecule has 0 spiro atoms. The first kappa shape index (κ1) is 23.9. The highest BCUT2D eigenvalue weighted by atomic mass is 19.4. The van der Waals surface area contributed by atoms with Gasteiger partial charge in [-0.2, -0.15) is 13.2 Å². The van der Waals surface area contributed by atoms with Gasteiger partial charge in [-0.1, -0.05) is 30.3 Å². The number of alkyl halides is 3. The van der Waals surface area contributed by atoms with Gasteiger partial charge in [0, 0.05) is 42.9 Å². The summed E-state index contributed by atoms with van der Waals surface area (Å²) in [6.07, 6.45) is 2.16. The molecule has 1 aliphatic heterocycles. The van der Waals surface area contributed by atoms with Gasteiger partial charge in [0.05, 0.1) is 28.5 Å². The first-order chi connectivity index (χ1) is 18.8. The fourth-order valence-electron chi connectivity index (χ4n) is 5.68. The number of benzene rings is 2. The molecule has 0 N–H and O–H groups in total. The quantitative estimate of drug-likeness (QED) is 0.269. The lowest BCUT2D eigenvalue weighted by molar-refractivity contribution is -0.137. The lowest BCUT2D eigenvalue weighted by Gasteiger charge is -2.18. The number of pyridine rings is 1. The second-order valence-electron chi connectivity index (χ2n) is 10.6. The summed E-state index contributed by atoms with van der Waals surface area (Å²) in [6, 6.07) is 17.5. The van der Waals surface area contributed by atoms with Crippen LogP contribution < -0.4 is 0 Å². The van der Waals surface area contributed by atoms with E-state index in [-0.39, 0.29) is 17.7 Å². The molecule has 4 heterocycles. The normalized spacial score (nSPS) is 17.9. The number of carbonyl (C=O) groups excluding carboxylic acids is 1. The van der Waals surface area contributed by atoms with Gasteiger partial charge in [-0.05, 0) is 55.5 Å². The van der Waals surface area contributed by atoms with Crippen LogP contribution in [0.3, 0.4) is 0 Å². The topological polar surface area (TPSA) is 55.4 Å². The Labute approximate surface area is 222 Å². The predicted molar refractivity (Wildman–Crippen MR) is 142 cm³/mol. The van der Waals surface area contributed by atoms with E-state index in [0.29, 0.717) is 29.9 Å². The van der Waals surface area contributed by atoms with Crippen LogP contribution in [0.5, 0.6) is 0 Å². The zero-order valence-corrected chi connectivity index (χ0v) is 21.1. The number of rotatable bonds is 5. The van der Waals surface area contributed by atoms with Gasteiger partial charge < -0.3 is 9.47 Å². The summed E-state index contributed by atoms with van der Waals surface area (Å²) in [5.74, 6) is 1.26. The molecule has 1 amide bonds. The third kappa shape index (κ3) is 4.35. The summed E-state index contributed by atoms with van der Waals surface area (Å²) >= 11 is 0. The number of carbonyl (C=O) groups is 1. The van der Waals surface area contributed by atoms with Crippen molar-refractivity contribution in [3.8, 4) is 22.6 Å². The predicted octanol–water partition coefficient (Wildman–Crippen LogP) is 6.30. The Hall–Kier alpha value is -4.14. The highest BCUT2D eigenvalue weighted by Gasteiger charge is 2.37. The van der Waals surface area contributed by atoms with E-state index >= 15 is 0 Å². The highest BCUT2D eigenvalue weighted by Crippen LogP contribution is 2.36. The molecule has 39 heavy (non-hydrogen) atoms. The van der Waals surface area contributed by atoms with Gasteiger partial charge in [0.25, 0.3) is 0 Å². The fraction of sp³-hybridized carbons (Fsp3) is 0.300. The Balaban J connectivity index is 1.25. The van der Waals surface area contributed by atoms with Crippen molar-refractivity contribution in [3.05, 3.63) is 78.6 Å². The van der Waals surface area contributed by atoms with Crippen LogP contribution in [0.4, 0.5) is 13.2 Å². The Morgan fingerprint density at radius 1 is 0.974 bits per heavy atom. The van der Waals surface area contributed by atoms with Crippen LogP contribution in [-0.4, -0.2) is 42.8 Å². The van der Waals surface area contributed by atoms with E-state index in [0.717, 1.165) is 60.4 Å². The van der Waals surface area contributed by atoms with Gasteiger partial charge >= 0.3 is 6.18 Å². The van der Waals surface area contributed by atoms with Crippen LogP contribution >= 0.6 is 0 Å². The molecule has 2 aromatic carbocycles. The molecule has 1 aliphatic carbocycles. The van der Waals surface area contributed by atoms with Crippen LogP contribution in [-0.2, 0) is 17.5 Å². The number of aromatic nitrogens is 4. The van der Waals surface area contributed by atoms with Gasteiger partial charge in [-0.15, -0.1) is 0 Å². The molecule has 2 aliphatic rings. The third-order valence-corrected chi connectivity index (χ3v) is 7.90. The first-order valence-electron chi connectivity index (χ1n) is 13.2.